The van der Waals surface area contributed by atoms with Crippen LogP contribution in [0.2, 0.25) is 26.2 Å². The molecule has 0 aromatic heterocycles. The second-order valence-electron chi connectivity index (χ2n) is 7.40. The molecule has 0 atom stereocenters. The van der Waals surface area contributed by atoms with Gasteiger partial charge in [-0.2, -0.15) is 0 Å². The topological polar surface area (TPSA) is 24.5 Å². The van der Waals surface area contributed by atoms with Crippen LogP contribution in [0.3, 0.4) is 0 Å². The van der Waals surface area contributed by atoms with E-state index in [4.69, 9.17) is 31.0 Å². The molecule has 0 amide bonds. The van der Waals surface area contributed by atoms with Gasteiger partial charge in [-0.05, 0) is 0 Å². The summed E-state index contributed by atoms with van der Waals surface area (Å²) in [5.41, 5.74) is 0. The number of nitrogens with zero attached hydrogens (tertiary/aromatic N) is 2. The van der Waals surface area contributed by atoms with E-state index >= 15 is 0 Å². The molecular weight excluding hydrogens is 307 g/mol. The van der Waals surface area contributed by atoms with E-state index in [0.717, 1.165) is 37.2 Å². The van der Waals surface area contributed by atoms with Gasteiger partial charge in [-0.15, -0.1) is 0 Å². The number of hydrogen-bond donors (Lipinski definition) is 0. The van der Waals surface area contributed by atoms with Crippen molar-refractivity contribution in [3.8, 4) is 0 Å². The minimum absolute atomic E-state index is 0.741. The van der Waals surface area contributed by atoms with Crippen molar-refractivity contribution in [2.45, 2.75) is 26.2 Å². The normalized spacial score (nSPS) is 38.3. The fraction of sp³-hybridized carbons (Fsp3) is 0.800. The van der Waals surface area contributed by atoms with Gasteiger partial charge in [0.15, 0.2) is 0 Å². The van der Waals surface area contributed by atoms with Gasteiger partial charge in [0, 0.05) is 0 Å². The first-order valence-electron chi connectivity index (χ1n) is 6.32. The van der Waals surface area contributed by atoms with Crippen molar-refractivity contribution in [1.82, 2.24) is 0 Å². The van der Waals surface area contributed by atoms with Crippen molar-refractivity contribution in [3.05, 3.63) is 0 Å². The van der Waals surface area contributed by atoms with Crippen molar-refractivity contribution >= 4 is 47.8 Å². The molecule has 0 fully saturated rings. The van der Waals surface area contributed by atoms with E-state index in [9.17, 15) is 0 Å². The van der Waals surface area contributed by atoms with Crippen LogP contribution in [0.15, 0.2) is 0 Å². The predicted molar refractivity (Wildman–Crippen MR) is 78.8 cm³/mol. The van der Waals surface area contributed by atoms with Gasteiger partial charge in [-0.3, -0.25) is 0 Å². The molecule has 3 aliphatic heterocycles. The molecule has 0 aliphatic carbocycles. The van der Waals surface area contributed by atoms with Gasteiger partial charge in [0.25, 0.3) is 0 Å². The molecule has 0 unspecified atom stereocenters. The van der Waals surface area contributed by atoms with Gasteiger partial charge in [0.2, 0.25) is 0 Å². The Morgan fingerprint density at radius 1 is 0.833 bits per heavy atom. The fourth-order valence-corrected chi connectivity index (χ4v) is 9.11. The first-order valence-corrected chi connectivity index (χ1v) is 15.6. The molecular formula is C10H20Cl2N2O2Si2. The Morgan fingerprint density at radius 2 is 1.17 bits per heavy atom. The molecule has 3 rings (SSSR count). The third-order valence-electron chi connectivity index (χ3n) is 3.49. The summed E-state index contributed by atoms with van der Waals surface area (Å²) in [6.45, 7) is 4.25. The molecule has 0 aromatic carbocycles. The molecule has 3 aliphatic rings. The van der Waals surface area contributed by atoms with E-state index < -0.39 is 13.8 Å². The molecule has 0 aromatic rings. The van der Waals surface area contributed by atoms with E-state index in [-0.39, 0.29) is 0 Å². The quantitative estimate of drug-likeness (QED) is 0.385. The van der Waals surface area contributed by atoms with Gasteiger partial charge >= 0.3 is 117 Å². The second kappa shape index (κ2) is 3.00. The zero-order chi connectivity index (χ0) is 13.4. The summed E-state index contributed by atoms with van der Waals surface area (Å²) in [6, 6.07) is 0. The van der Waals surface area contributed by atoms with Crippen LogP contribution in [0.1, 0.15) is 0 Å². The summed E-state index contributed by atoms with van der Waals surface area (Å²) in [5, 5.41) is 0. The second-order valence-corrected chi connectivity index (χ2v) is 24.9. The zero-order valence-corrected chi connectivity index (χ0v) is 14.8. The van der Waals surface area contributed by atoms with Gasteiger partial charge in [0.1, 0.15) is 0 Å². The van der Waals surface area contributed by atoms with Crippen LogP contribution in [-0.4, -0.2) is 60.2 Å². The van der Waals surface area contributed by atoms with Crippen LogP contribution in [-0.2, 0) is 8.85 Å². The summed E-state index contributed by atoms with van der Waals surface area (Å²) in [6.07, 6.45) is 1.62. The van der Waals surface area contributed by atoms with Crippen LogP contribution < -0.4 is 0 Å². The van der Waals surface area contributed by atoms with E-state index in [2.05, 4.69) is 35.3 Å². The SMILES string of the molecule is C[Si-]1(C)(Cl)C[N+]2=C(C[N+]3=C(C2)O[Si-](C)(C)(Cl)C3)O1. The molecule has 0 bridgehead atoms. The van der Waals surface area contributed by atoms with Crippen molar-refractivity contribution in [2.24, 2.45) is 0 Å². The Hall–Kier alpha value is -0.0462. The summed E-state index contributed by atoms with van der Waals surface area (Å²) >= 11 is 13.2. The van der Waals surface area contributed by atoms with Gasteiger partial charge in [-0.1, -0.05) is 0 Å². The van der Waals surface area contributed by atoms with Crippen LogP contribution in [0, 0.1) is 0 Å². The van der Waals surface area contributed by atoms with Crippen LogP contribution in [0.4, 0.5) is 0 Å². The van der Waals surface area contributed by atoms with Crippen molar-refractivity contribution < 1.29 is 18.0 Å². The van der Waals surface area contributed by atoms with Crippen molar-refractivity contribution in [1.29, 1.82) is 0 Å². The Labute approximate surface area is 117 Å². The maximum absolute atomic E-state index is 6.62. The molecule has 104 valence electrons. The first-order chi connectivity index (χ1) is 7.88. The Morgan fingerprint density at radius 3 is 1.50 bits per heavy atom. The van der Waals surface area contributed by atoms with Gasteiger partial charge in [-0.25, -0.2) is 0 Å². The molecule has 0 N–H and O–H groups in total. The van der Waals surface area contributed by atoms with E-state index in [1.807, 2.05) is 0 Å². The molecule has 0 saturated heterocycles. The van der Waals surface area contributed by atoms with Crippen LogP contribution in [0.25, 0.3) is 0 Å². The standard InChI is InChI=1S/C10H20Cl2N2O2Si2/c1-17(2,11)7-13-6-10-14(5-9(13)15-17)8-18(3,4,12)16-10/h5-8H2,1-4H3. The summed E-state index contributed by atoms with van der Waals surface area (Å²) in [4.78, 5) is 0. The van der Waals surface area contributed by atoms with E-state index in [1.54, 1.807) is 0 Å². The van der Waals surface area contributed by atoms with Crippen molar-refractivity contribution in [3.63, 3.8) is 0 Å². The van der Waals surface area contributed by atoms with Gasteiger partial charge in [0.05, 0.1) is 0 Å². The maximum atomic E-state index is 6.62. The fourth-order valence-electron chi connectivity index (χ4n) is 3.04. The summed E-state index contributed by atoms with van der Waals surface area (Å²) in [5.74, 6) is 1.98. The number of hydrogen-bond acceptors (Lipinski definition) is 2. The molecule has 18 heavy (non-hydrogen) atoms. The average molecular weight is 327 g/mol. The minimum atomic E-state index is -2.74. The first kappa shape index (κ1) is 13.0. The number of rotatable bonds is 0. The molecule has 8 heteroatoms. The van der Waals surface area contributed by atoms with Crippen LogP contribution >= 0.6 is 22.2 Å². The number of halogens is 2. The Bertz CT molecular complexity index is 441. The molecule has 3 heterocycles. The van der Waals surface area contributed by atoms with Crippen molar-refractivity contribution in [2.75, 3.05) is 25.4 Å². The molecule has 0 spiro atoms. The Kier molecular flexibility index (Phi) is 2.16. The third-order valence-corrected chi connectivity index (χ3v) is 8.92. The predicted octanol–water partition coefficient (Wildman–Crippen LogP) is 1.75. The Balaban J connectivity index is 1.84. The molecule has 4 nitrogen and oxygen atoms in total. The monoisotopic (exact) mass is 326 g/mol. The van der Waals surface area contributed by atoms with Crippen LogP contribution in [0.5, 0.6) is 0 Å². The molecule has 0 saturated carbocycles. The molecule has 0 radical (unpaired) electrons. The van der Waals surface area contributed by atoms with E-state index in [0.29, 0.717) is 0 Å². The third kappa shape index (κ3) is 2.23. The summed E-state index contributed by atoms with van der Waals surface area (Å²) in [7, 11) is 0. The van der Waals surface area contributed by atoms with Gasteiger partial charge < -0.3 is 0 Å². The average Bonchev–Trinajstić information content (AvgIpc) is 2.44. The van der Waals surface area contributed by atoms with E-state index in [1.165, 1.54) is 0 Å². The summed E-state index contributed by atoms with van der Waals surface area (Å²) < 4.78 is 16.6. The zero-order valence-electron chi connectivity index (χ0n) is 11.3.